The summed E-state index contributed by atoms with van der Waals surface area (Å²) in [6.07, 6.45) is 2.29. The zero-order chi connectivity index (χ0) is 14.8. The van der Waals surface area contributed by atoms with Gasteiger partial charge in [0.05, 0.1) is 18.1 Å². The van der Waals surface area contributed by atoms with Crippen LogP contribution in [0.25, 0.3) is 0 Å². The molecule has 6 nitrogen and oxygen atoms in total. The van der Waals surface area contributed by atoms with E-state index in [9.17, 15) is 12.8 Å². The van der Waals surface area contributed by atoms with Crippen LogP contribution in [0.5, 0.6) is 0 Å². The number of halogens is 1. The molecule has 0 bridgehead atoms. The van der Waals surface area contributed by atoms with Crippen molar-refractivity contribution in [2.45, 2.75) is 11.8 Å². The third-order valence-electron chi connectivity index (χ3n) is 2.53. The van der Waals surface area contributed by atoms with Crippen molar-refractivity contribution in [3.63, 3.8) is 0 Å². The highest BCUT2D eigenvalue weighted by Gasteiger charge is 2.17. The van der Waals surface area contributed by atoms with Gasteiger partial charge in [-0.05, 0) is 24.6 Å². The lowest BCUT2D eigenvalue weighted by atomic mass is 10.2. The molecule has 0 aliphatic heterocycles. The Balaban J connectivity index is 2.30. The highest BCUT2D eigenvalue weighted by molar-refractivity contribution is 7.92. The molecule has 0 amide bonds. The summed E-state index contributed by atoms with van der Waals surface area (Å²) in [4.78, 5) is 7.47. The largest absolute Gasteiger partial charge is 0.357 e. The number of nitrogens with one attached hydrogen (secondary N) is 2. The zero-order valence-electron chi connectivity index (χ0n) is 10.9. The quantitative estimate of drug-likeness (QED) is 0.898. The summed E-state index contributed by atoms with van der Waals surface area (Å²) >= 11 is 0. The number of nitrogens with zero attached hydrogens (tertiary/aromatic N) is 2. The highest BCUT2D eigenvalue weighted by Crippen LogP contribution is 2.19. The van der Waals surface area contributed by atoms with Crippen LogP contribution in [0, 0.1) is 12.7 Å². The van der Waals surface area contributed by atoms with E-state index in [1.165, 1.54) is 12.1 Å². The van der Waals surface area contributed by atoms with Gasteiger partial charge in [-0.2, -0.15) is 0 Å². The van der Waals surface area contributed by atoms with Crippen LogP contribution in [0.2, 0.25) is 0 Å². The highest BCUT2D eigenvalue weighted by atomic mass is 32.2. The van der Waals surface area contributed by atoms with Gasteiger partial charge >= 0.3 is 0 Å². The minimum Gasteiger partial charge on any atom is -0.357 e. The molecule has 1 heterocycles. The second-order valence-corrected chi connectivity index (χ2v) is 5.76. The van der Waals surface area contributed by atoms with Crippen molar-refractivity contribution in [3.8, 4) is 0 Å². The van der Waals surface area contributed by atoms with E-state index in [1.54, 1.807) is 20.0 Å². The molecule has 0 unspecified atom stereocenters. The van der Waals surface area contributed by atoms with Crippen molar-refractivity contribution in [2.24, 2.45) is 0 Å². The predicted octanol–water partition coefficient (Wildman–Crippen LogP) is 1.77. The fraction of sp³-hybridized carbons (Fsp3) is 0.167. The number of hydrogen-bond acceptors (Lipinski definition) is 5. The number of rotatable bonds is 4. The number of sulfonamides is 1. The Bertz CT molecular complexity index is 717. The second-order valence-electron chi connectivity index (χ2n) is 4.08. The molecule has 0 saturated carbocycles. The van der Waals surface area contributed by atoms with Gasteiger partial charge < -0.3 is 5.32 Å². The van der Waals surface area contributed by atoms with Crippen molar-refractivity contribution < 1.29 is 12.8 Å². The van der Waals surface area contributed by atoms with Crippen LogP contribution in [0.15, 0.2) is 35.5 Å². The van der Waals surface area contributed by atoms with E-state index in [2.05, 4.69) is 20.0 Å². The first-order valence-electron chi connectivity index (χ1n) is 5.71. The number of benzene rings is 1. The summed E-state index contributed by atoms with van der Waals surface area (Å²) in [6.45, 7) is 1.71. The minimum absolute atomic E-state index is 0.117. The fourth-order valence-corrected chi connectivity index (χ4v) is 2.45. The van der Waals surface area contributed by atoms with Gasteiger partial charge in [0.2, 0.25) is 5.95 Å². The Hall–Kier alpha value is -2.22. The molecular formula is C12H13FN4O2S. The monoisotopic (exact) mass is 296 g/mol. The van der Waals surface area contributed by atoms with E-state index in [1.807, 2.05) is 0 Å². The Morgan fingerprint density at radius 2 is 1.85 bits per heavy atom. The predicted molar refractivity (Wildman–Crippen MR) is 73.5 cm³/mol. The van der Waals surface area contributed by atoms with E-state index in [0.29, 0.717) is 11.5 Å². The first-order valence-corrected chi connectivity index (χ1v) is 7.19. The zero-order valence-corrected chi connectivity index (χ0v) is 11.7. The number of anilines is 2. The Kier molecular flexibility index (Phi) is 3.84. The van der Waals surface area contributed by atoms with Crippen LogP contribution in [0.1, 0.15) is 5.56 Å². The van der Waals surface area contributed by atoms with Crippen LogP contribution in [0.3, 0.4) is 0 Å². The van der Waals surface area contributed by atoms with Crippen LogP contribution < -0.4 is 10.0 Å². The molecule has 0 aliphatic rings. The first kappa shape index (κ1) is 14.2. The topological polar surface area (TPSA) is 84.0 Å². The van der Waals surface area contributed by atoms with E-state index < -0.39 is 15.8 Å². The Morgan fingerprint density at radius 3 is 2.40 bits per heavy atom. The smallest absolute Gasteiger partial charge is 0.265 e. The molecule has 1 aromatic carbocycles. The summed E-state index contributed by atoms with van der Waals surface area (Å²) in [6, 6.07) is 4.23. The molecule has 0 spiro atoms. The summed E-state index contributed by atoms with van der Waals surface area (Å²) < 4.78 is 39.9. The average Bonchev–Trinajstić information content (AvgIpc) is 2.42. The van der Waals surface area contributed by atoms with Gasteiger partial charge in [0.25, 0.3) is 10.0 Å². The molecule has 2 aromatic rings. The molecule has 0 radical (unpaired) electrons. The molecule has 0 fully saturated rings. The van der Waals surface area contributed by atoms with Gasteiger partial charge in [0.15, 0.2) is 0 Å². The molecular weight excluding hydrogens is 283 g/mol. The summed E-state index contributed by atoms with van der Waals surface area (Å²) in [5.41, 5.74) is 0.584. The third-order valence-corrected chi connectivity index (χ3v) is 3.85. The summed E-state index contributed by atoms with van der Waals surface area (Å²) in [5.74, 6) is -0.341. The molecule has 8 heteroatoms. The SMILES string of the molecule is CNc1ncc(S(=O)(=O)Nc2ccc(C)cc2F)cn1. The Morgan fingerprint density at radius 1 is 1.20 bits per heavy atom. The van der Waals surface area contributed by atoms with Crippen molar-refractivity contribution in [2.75, 3.05) is 17.1 Å². The van der Waals surface area contributed by atoms with E-state index >= 15 is 0 Å². The maximum atomic E-state index is 13.6. The Labute approximate surface area is 116 Å². The van der Waals surface area contributed by atoms with Gasteiger partial charge in [0.1, 0.15) is 10.7 Å². The van der Waals surface area contributed by atoms with Crippen LogP contribution in [-0.4, -0.2) is 25.4 Å². The van der Waals surface area contributed by atoms with E-state index in [-0.39, 0.29) is 10.6 Å². The molecule has 1 aromatic heterocycles. The summed E-state index contributed by atoms with van der Waals surface area (Å²) in [5, 5.41) is 2.67. The fourth-order valence-electron chi connectivity index (χ4n) is 1.49. The lowest BCUT2D eigenvalue weighted by Crippen LogP contribution is -2.15. The molecule has 2 rings (SSSR count). The molecule has 0 atom stereocenters. The lowest BCUT2D eigenvalue weighted by molar-refractivity contribution is 0.597. The molecule has 106 valence electrons. The van der Waals surface area contributed by atoms with Crippen molar-refractivity contribution in [1.29, 1.82) is 0 Å². The van der Waals surface area contributed by atoms with E-state index in [4.69, 9.17) is 0 Å². The normalized spacial score (nSPS) is 11.2. The van der Waals surface area contributed by atoms with Crippen molar-refractivity contribution in [3.05, 3.63) is 42.0 Å². The molecule has 2 N–H and O–H groups in total. The van der Waals surface area contributed by atoms with Crippen LogP contribution >= 0.6 is 0 Å². The van der Waals surface area contributed by atoms with Gasteiger partial charge in [-0.1, -0.05) is 6.07 Å². The maximum absolute atomic E-state index is 13.6. The van der Waals surface area contributed by atoms with Gasteiger partial charge in [-0.25, -0.2) is 22.8 Å². The van der Waals surface area contributed by atoms with Crippen molar-refractivity contribution in [1.82, 2.24) is 9.97 Å². The van der Waals surface area contributed by atoms with Gasteiger partial charge in [-0.3, -0.25) is 4.72 Å². The van der Waals surface area contributed by atoms with Gasteiger partial charge in [-0.15, -0.1) is 0 Å². The van der Waals surface area contributed by atoms with Crippen molar-refractivity contribution >= 4 is 21.7 Å². The lowest BCUT2D eigenvalue weighted by Gasteiger charge is -2.09. The second kappa shape index (κ2) is 5.41. The maximum Gasteiger partial charge on any atom is 0.265 e. The average molecular weight is 296 g/mol. The van der Waals surface area contributed by atoms with Crippen LogP contribution in [-0.2, 0) is 10.0 Å². The first-order chi connectivity index (χ1) is 9.42. The molecule has 0 aliphatic carbocycles. The van der Waals surface area contributed by atoms with Gasteiger partial charge in [0, 0.05) is 7.05 Å². The molecule has 20 heavy (non-hydrogen) atoms. The number of aromatic nitrogens is 2. The summed E-state index contributed by atoms with van der Waals surface area (Å²) in [7, 11) is -2.30. The number of hydrogen-bond donors (Lipinski definition) is 2. The van der Waals surface area contributed by atoms with Crippen LogP contribution in [0.4, 0.5) is 16.0 Å². The van der Waals surface area contributed by atoms with E-state index in [0.717, 1.165) is 12.4 Å². The number of aryl methyl sites for hydroxylation is 1. The standard InChI is InChI=1S/C12H13FN4O2S/c1-8-3-4-11(10(13)5-8)17-20(18,19)9-6-15-12(14-2)16-7-9/h3-7,17H,1-2H3,(H,14,15,16). The molecule has 0 saturated heterocycles. The third kappa shape index (κ3) is 3.02. The minimum atomic E-state index is -3.92.